The van der Waals surface area contributed by atoms with Crippen molar-refractivity contribution in [3.05, 3.63) is 32.5 Å². The van der Waals surface area contributed by atoms with E-state index in [4.69, 9.17) is 0 Å². The maximum absolute atomic E-state index is 12.9. The zero-order valence-electron chi connectivity index (χ0n) is 7.22. The normalized spacial score (nSPS) is 11.6. The molecule has 1 aromatic carbocycles. The molecule has 0 atom stereocenters. The molecule has 3 nitrogen and oxygen atoms in total. The number of halogens is 5. The van der Waals surface area contributed by atoms with E-state index < -0.39 is 43.1 Å². The summed E-state index contributed by atoms with van der Waals surface area (Å²) in [6.45, 7) is 0. The highest BCUT2D eigenvalue weighted by Gasteiger charge is 2.35. The summed E-state index contributed by atoms with van der Waals surface area (Å²) in [5.41, 5.74) is -5.52. The average molecular weight is 320 g/mol. The third-order valence-electron chi connectivity index (χ3n) is 1.44. The molecule has 0 heterocycles. The number of benzene rings is 1. The van der Waals surface area contributed by atoms with Gasteiger partial charge in [0.25, 0.3) is 5.69 Å². The van der Waals surface area contributed by atoms with E-state index in [1.54, 1.807) is 0 Å². The molecule has 0 saturated carbocycles. The van der Waals surface area contributed by atoms with E-state index in [9.17, 15) is 27.7 Å². The molecule has 0 amide bonds. The first-order chi connectivity index (χ1) is 7.22. The average Bonchev–Trinajstić information content (AvgIpc) is 2.10. The van der Waals surface area contributed by atoms with Gasteiger partial charge in [-0.05, 0) is 33.8 Å². The van der Waals surface area contributed by atoms with Gasteiger partial charge in [0.15, 0.2) is 0 Å². The van der Waals surface area contributed by atoms with Crippen LogP contribution in [-0.2, 0) is 0 Å². The molecule has 1 rings (SSSR count). The Labute approximate surface area is 99.1 Å². The van der Waals surface area contributed by atoms with Gasteiger partial charge in [-0.15, -0.1) is 0 Å². The van der Waals surface area contributed by atoms with Crippen LogP contribution in [0.3, 0.4) is 0 Å². The Morgan fingerprint density at radius 1 is 1.38 bits per heavy atom. The van der Waals surface area contributed by atoms with Crippen molar-refractivity contribution in [2.24, 2.45) is 0 Å². The topological polar surface area (TPSA) is 43.1 Å². The fourth-order valence-corrected chi connectivity index (χ4v) is 2.12. The second-order valence-electron chi connectivity index (χ2n) is 2.51. The van der Waals surface area contributed by atoms with Crippen molar-refractivity contribution in [2.75, 3.05) is 0 Å². The molecule has 0 aliphatic heterocycles. The lowest BCUT2D eigenvalue weighted by Gasteiger charge is -2.08. The second-order valence-corrected chi connectivity index (χ2v) is 4.38. The van der Waals surface area contributed by atoms with Crippen LogP contribution in [0.5, 0.6) is 0 Å². The second kappa shape index (κ2) is 4.58. The monoisotopic (exact) mass is 319 g/mol. The number of alkyl halides is 3. The van der Waals surface area contributed by atoms with Crippen molar-refractivity contribution in [2.45, 2.75) is 10.4 Å². The predicted molar refractivity (Wildman–Crippen MR) is 52.7 cm³/mol. The molecule has 0 radical (unpaired) electrons. The van der Waals surface area contributed by atoms with Crippen LogP contribution in [0.1, 0.15) is 0 Å². The number of thioether (sulfide) groups is 1. The fourth-order valence-electron chi connectivity index (χ4n) is 0.878. The summed E-state index contributed by atoms with van der Waals surface area (Å²) in [5, 5.41) is 10.5. The van der Waals surface area contributed by atoms with Crippen LogP contribution in [0.25, 0.3) is 0 Å². The number of hydrogen-bond acceptors (Lipinski definition) is 3. The summed E-state index contributed by atoms with van der Waals surface area (Å²) in [6.07, 6.45) is 0. The van der Waals surface area contributed by atoms with Crippen LogP contribution in [-0.4, -0.2) is 10.4 Å². The van der Waals surface area contributed by atoms with Gasteiger partial charge in [-0.3, -0.25) is 10.1 Å². The third-order valence-corrected chi connectivity index (χ3v) is 3.33. The first-order valence-electron chi connectivity index (χ1n) is 3.60. The van der Waals surface area contributed by atoms with Gasteiger partial charge in [-0.1, -0.05) is 0 Å². The Hall–Kier alpha value is -0.830. The fraction of sp³-hybridized carbons (Fsp3) is 0.143. The van der Waals surface area contributed by atoms with Crippen LogP contribution < -0.4 is 0 Å². The van der Waals surface area contributed by atoms with Crippen molar-refractivity contribution < 1.29 is 22.5 Å². The minimum atomic E-state index is -4.72. The standard InChI is InChI=1S/C7H2BrF4NO2S/c8-5-3(9)1-2-4(13(14)15)6(5)16-7(10,11)12/h1-2H. The third kappa shape index (κ3) is 3.08. The van der Waals surface area contributed by atoms with Gasteiger partial charge in [0.2, 0.25) is 0 Å². The first kappa shape index (κ1) is 13.2. The minimum Gasteiger partial charge on any atom is -0.258 e. The van der Waals surface area contributed by atoms with Crippen LogP contribution >= 0.6 is 27.7 Å². The number of rotatable bonds is 2. The largest absolute Gasteiger partial charge is 0.446 e. The molecule has 0 unspecified atom stereocenters. The molecule has 0 N–H and O–H groups in total. The van der Waals surface area contributed by atoms with Crippen LogP contribution in [0.2, 0.25) is 0 Å². The van der Waals surface area contributed by atoms with Gasteiger partial charge in [-0.2, -0.15) is 13.2 Å². The molecule has 0 bridgehead atoms. The van der Waals surface area contributed by atoms with Gasteiger partial charge >= 0.3 is 5.51 Å². The summed E-state index contributed by atoms with van der Waals surface area (Å²) in [5.74, 6) is -0.989. The maximum Gasteiger partial charge on any atom is 0.446 e. The summed E-state index contributed by atoms with van der Waals surface area (Å²) in [6, 6.07) is 1.41. The predicted octanol–water partition coefficient (Wildman–Crippen LogP) is 4.11. The quantitative estimate of drug-likeness (QED) is 0.356. The number of hydrogen-bond donors (Lipinski definition) is 0. The molecule has 0 aromatic heterocycles. The van der Waals surface area contributed by atoms with Crippen molar-refractivity contribution >= 4 is 33.4 Å². The highest BCUT2D eigenvalue weighted by molar-refractivity contribution is 9.10. The molecule has 9 heteroatoms. The lowest BCUT2D eigenvalue weighted by atomic mass is 10.3. The number of nitro groups is 1. The molecule has 1 aromatic rings. The SMILES string of the molecule is O=[N+]([O-])c1ccc(F)c(Br)c1SC(F)(F)F. The number of nitro benzene ring substituents is 1. The zero-order chi connectivity index (χ0) is 12.5. The van der Waals surface area contributed by atoms with E-state index in [0.717, 1.165) is 6.07 Å². The summed E-state index contributed by atoms with van der Waals surface area (Å²) in [7, 11) is 0. The van der Waals surface area contributed by atoms with E-state index in [0.29, 0.717) is 6.07 Å². The van der Waals surface area contributed by atoms with Crippen LogP contribution in [0, 0.1) is 15.9 Å². The molecule has 0 spiro atoms. The van der Waals surface area contributed by atoms with Crippen LogP contribution in [0.4, 0.5) is 23.2 Å². The van der Waals surface area contributed by atoms with Crippen LogP contribution in [0.15, 0.2) is 21.5 Å². The Kier molecular flexibility index (Phi) is 3.79. The molecule has 88 valence electrons. The van der Waals surface area contributed by atoms with E-state index in [-0.39, 0.29) is 0 Å². The molecular weight excluding hydrogens is 318 g/mol. The highest BCUT2D eigenvalue weighted by Crippen LogP contribution is 2.45. The molecule has 0 saturated heterocycles. The Morgan fingerprint density at radius 3 is 2.38 bits per heavy atom. The Balaban J connectivity index is 3.32. The lowest BCUT2D eigenvalue weighted by molar-refractivity contribution is -0.387. The van der Waals surface area contributed by atoms with Gasteiger partial charge in [0, 0.05) is 6.07 Å². The maximum atomic E-state index is 12.9. The van der Waals surface area contributed by atoms with Gasteiger partial charge in [0.1, 0.15) is 10.7 Å². The molecule has 0 aliphatic rings. The van der Waals surface area contributed by atoms with E-state index in [1.165, 1.54) is 0 Å². The molecular formula is C7H2BrF4NO2S. The van der Waals surface area contributed by atoms with Crippen molar-refractivity contribution in [3.63, 3.8) is 0 Å². The van der Waals surface area contributed by atoms with Crippen molar-refractivity contribution in [1.29, 1.82) is 0 Å². The van der Waals surface area contributed by atoms with Gasteiger partial charge in [-0.25, -0.2) is 4.39 Å². The smallest absolute Gasteiger partial charge is 0.258 e. The van der Waals surface area contributed by atoms with E-state index in [2.05, 4.69) is 15.9 Å². The van der Waals surface area contributed by atoms with Crippen molar-refractivity contribution in [1.82, 2.24) is 0 Å². The number of nitrogens with zero attached hydrogens (tertiary/aromatic N) is 1. The van der Waals surface area contributed by atoms with Crippen molar-refractivity contribution in [3.8, 4) is 0 Å². The molecule has 0 aliphatic carbocycles. The summed E-state index contributed by atoms with van der Waals surface area (Å²) < 4.78 is 48.7. The lowest BCUT2D eigenvalue weighted by Crippen LogP contribution is -2.02. The van der Waals surface area contributed by atoms with Gasteiger partial charge in [0.05, 0.1) is 9.40 Å². The van der Waals surface area contributed by atoms with Gasteiger partial charge < -0.3 is 0 Å². The van der Waals surface area contributed by atoms with E-state index in [1.807, 2.05) is 0 Å². The zero-order valence-corrected chi connectivity index (χ0v) is 9.62. The Morgan fingerprint density at radius 2 is 1.94 bits per heavy atom. The molecule has 16 heavy (non-hydrogen) atoms. The summed E-state index contributed by atoms with van der Waals surface area (Å²) >= 11 is 1.82. The molecule has 0 fully saturated rings. The highest BCUT2D eigenvalue weighted by atomic mass is 79.9. The minimum absolute atomic E-state index is 0.566. The Bertz CT molecular complexity index is 437. The van der Waals surface area contributed by atoms with E-state index >= 15 is 0 Å². The first-order valence-corrected chi connectivity index (χ1v) is 5.21. The summed E-state index contributed by atoms with van der Waals surface area (Å²) in [4.78, 5) is 8.66.